The van der Waals surface area contributed by atoms with Gasteiger partial charge in [0, 0.05) is 7.05 Å². The van der Waals surface area contributed by atoms with Crippen LogP contribution >= 0.6 is 0 Å². The molecular weight excluding hydrogens is 110 g/mol. The van der Waals surface area contributed by atoms with E-state index in [0.29, 0.717) is 0 Å². The molecular formula is C4H7NO3. The van der Waals surface area contributed by atoms with Crippen LogP contribution in [0.3, 0.4) is 0 Å². The summed E-state index contributed by atoms with van der Waals surface area (Å²) in [4.78, 5) is 20.2. The summed E-state index contributed by atoms with van der Waals surface area (Å²) in [5.74, 6) is -1.57. The minimum atomic E-state index is -0.812. The summed E-state index contributed by atoms with van der Waals surface area (Å²) in [5, 5.41) is 10.1. The fourth-order valence-electron chi connectivity index (χ4n) is 0.211. The summed E-state index contributed by atoms with van der Waals surface area (Å²) in [6.07, 6.45) is 0. The van der Waals surface area contributed by atoms with Crippen LogP contribution in [-0.2, 0) is 9.59 Å². The van der Waals surface area contributed by atoms with E-state index in [1.54, 1.807) is 0 Å². The summed E-state index contributed by atoms with van der Waals surface area (Å²) in [6, 6.07) is 0. The Bertz CT molecular complexity index is 95.9. The van der Waals surface area contributed by atoms with E-state index < -0.39 is 18.3 Å². The molecule has 0 bridgehead atoms. The van der Waals surface area contributed by atoms with Gasteiger partial charge in [-0.25, -0.2) is 0 Å². The van der Waals surface area contributed by atoms with Crippen LogP contribution in [0.1, 0.15) is 0 Å². The summed E-state index contributed by atoms with van der Waals surface area (Å²) in [6.45, 7) is -0.723. The van der Waals surface area contributed by atoms with E-state index in [2.05, 4.69) is 5.32 Å². The first-order chi connectivity index (χ1) is 3.72. The highest BCUT2D eigenvalue weighted by Crippen LogP contribution is 1.65. The van der Waals surface area contributed by atoms with Gasteiger partial charge in [-0.3, -0.25) is 9.59 Å². The molecule has 0 aliphatic rings. The van der Waals surface area contributed by atoms with Crippen LogP contribution < -0.4 is 5.32 Å². The molecule has 0 aromatic heterocycles. The largest absolute Gasteiger partial charge is 0.388 e. The maximum Gasteiger partial charge on any atom is 0.289 e. The number of rotatable bonds is 2. The number of carbonyl (C=O) groups excluding carboxylic acids is 2. The van der Waals surface area contributed by atoms with E-state index in [-0.39, 0.29) is 0 Å². The zero-order valence-corrected chi connectivity index (χ0v) is 4.47. The third kappa shape index (κ3) is 1.70. The number of ketones is 1. The third-order valence-corrected chi connectivity index (χ3v) is 0.624. The first-order valence-corrected chi connectivity index (χ1v) is 2.08. The molecule has 46 valence electrons. The molecule has 0 heterocycles. The summed E-state index contributed by atoms with van der Waals surface area (Å²) >= 11 is 0. The molecule has 4 heteroatoms. The van der Waals surface area contributed by atoms with E-state index in [4.69, 9.17) is 5.11 Å². The molecule has 0 radical (unpaired) electrons. The highest BCUT2D eigenvalue weighted by atomic mass is 16.3. The molecule has 0 aliphatic heterocycles. The summed E-state index contributed by atoms with van der Waals surface area (Å²) in [5.41, 5.74) is 0. The van der Waals surface area contributed by atoms with Crippen molar-refractivity contribution >= 4 is 11.7 Å². The maximum absolute atomic E-state index is 10.1. The predicted molar refractivity (Wildman–Crippen MR) is 26.2 cm³/mol. The minimum Gasteiger partial charge on any atom is -0.388 e. The number of likely N-dealkylation sites (N-methyl/N-ethyl adjacent to an activating group) is 1. The van der Waals surface area contributed by atoms with Crippen molar-refractivity contribution in [3.8, 4) is 0 Å². The monoisotopic (exact) mass is 117 g/mol. The molecule has 0 saturated carbocycles. The Kier molecular flexibility index (Phi) is 2.79. The van der Waals surface area contributed by atoms with Crippen molar-refractivity contribution in [2.75, 3.05) is 13.7 Å². The third-order valence-electron chi connectivity index (χ3n) is 0.624. The van der Waals surface area contributed by atoms with Gasteiger partial charge in [-0.1, -0.05) is 0 Å². The normalized spacial score (nSPS) is 8.25. The van der Waals surface area contributed by atoms with Crippen molar-refractivity contribution in [2.45, 2.75) is 0 Å². The SMILES string of the molecule is CNC(=O)C(=O)CO. The number of carbonyl (C=O) groups is 2. The van der Waals surface area contributed by atoms with Gasteiger partial charge in [-0.2, -0.15) is 0 Å². The lowest BCUT2D eigenvalue weighted by Crippen LogP contribution is -2.29. The fourth-order valence-corrected chi connectivity index (χ4v) is 0.211. The lowest BCUT2D eigenvalue weighted by molar-refractivity contribution is -0.139. The molecule has 0 aromatic carbocycles. The Balaban J connectivity index is 3.64. The second-order valence-corrected chi connectivity index (χ2v) is 1.16. The maximum atomic E-state index is 10.1. The quantitative estimate of drug-likeness (QED) is 0.423. The Morgan fingerprint density at radius 2 is 2.12 bits per heavy atom. The molecule has 0 atom stereocenters. The summed E-state index contributed by atoms with van der Waals surface area (Å²) < 4.78 is 0. The smallest absolute Gasteiger partial charge is 0.289 e. The van der Waals surface area contributed by atoms with Crippen molar-refractivity contribution < 1.29 is 14.7 Å². The molecule has 2 N–H and O–H groups in total. The Morgan fingerprint density at radius 1 is 1.62 bits per heavy atom. The summed E-state index contributed by atoms with van der Waals surface area (Å²) in [7, 11) is 1.33. The van der Waals surface area contributed by atoms with Gasteiger partial charge in [0.2, 0.25) is 5.78 Å². The van der Waals surface area contributed by atoms with Crippen molar-refractivity contribution in [3.05, 3.63) is 0 Å². The molecule has 0 aliphatic carbocycles. The number of aliphatic hydroxyl groups is 1. The fraction of sp³-hybridized carbons (Fsp3) is 0.500. The van der Waals surface area contributed by atoms with Crippen molar-refractivity contribution in [1.29, 1.82) is 0 Å². The second-order valence-electron chi connectivity index (χ2n) is 1.16. The zero-order chi connectivity index (χ0) is 6.57. The molecule has 1 amide bonds. The van der Waals surface area contributed by atoms with Gasteiger partial charge in [0.25, 0.3) is 5.91 Å². The van der Waals surface area contributed by atoms with Crippen molar-refractivity contribution in [1.82, 2.24) is 5.32 Å². The number of hydrogen-bond donors (Lipinski definition) is 2. The first-order valence-electron chi connectivity index (χ1n) is 2.08. The number of Topliss-reactive ketones (excluding diaryl/α,β-unsaturated/α-hetero) is 1. The van der Waals surface area contributed by atoms with Crippen LogP contribution in [0.4, 0.5) is 0 Å². The number of nitrogens with one attached hydrogen (secondary N) is 1. The number of hydrogen-bond acceptors (Lipinski definition) is 3. The van der Waals surface area contributed by atoms with E-state index >= 15 is 0 Å². The molecule has 0 aromatic rings. The van der Waals surface area contributed by atoms with Gasteiger partial charge >= 0.3 is 0 Å². The van der Waals surface area contributed by atoms with Crippen LogP contribution in [0.2, 0.25) is 0 Å². The van der Waals surface area contributed by atoms with Gasteiger partial charge < -0.3 is 10.4 Å². The topological polar surface area (TPSA) is 66.4 Å². The second kappa shape index (κ2) is 3.15. The van der Waals surface area contributed by atoms with Gasteiger partial charge in [-0.15, -0.1) is 0 Å². The van der Waals surface area contributed by atoms with E-state index in [0.717, 1.165) is 0 Å². The zero-order valence-electron chi connectivity index (χ0n) is 4.47. The molecule has 0 saturated heterocycles. The van der Waals surface area contributed by atoms with E-state index in [9.17, 15) is 9.59 Å². The molecule has 0 spiro atoms. The van der Waals surface area contributed by atoms with Gasteiger partial charge in [0.1, 0.15) is 6.61 Å². The average molecular weight is 117 g/mol. The number of amides is 1. The Hall–Kier alpha value is -0.900. The standard InChI is InChI=1S/C4H7NO3/c1-5-4(8)3(7)2-6/h6H,2H2,1H3,(H,5,8). The highest BCUT2D eigenvalue weighted by Gasteiger charge is 2.07. The van der Waals surface area contributed by atoms with E-state index in [1.807, 2.05) is 0 Å². The first kappa shape index (κ1) is 7.10. The van der Waals surface area contributed by atoms with Crippen LogP contribution in [0.25, 0.3) is 0 Å². The van der Waals surface area contributed by atoms with Crippen molar-refractivity contribution in [3.63, 3.8) is 0 Å². The van der Waals surface area contributed by atoms with Crippen LogP contribution in [0.15, 0.2) is 0 Å². The molecule has 8 heavy (non-hydrogen) atoms. The lowest BCUT2D eigenvalue weighted by atomic mass is 10.4. The minimum absolute atomic E-state index is 0.723. The molecule has 4 nitrogen and oxygen atoms in total. The highest BCUT2D eigenvalue weighted by molar-refractivity contribution is 6.36. The Morgan fingerprint density at radius 3 is 2.25 bits per heavy atom. The Labute approximate surface area is 46.5 Å². The molecule has 0 fully saturated rings. The average Bonchev–Trinajstić information content (AvgIpc) is 1.84. The number of aliphatic hydroxyl groups excluding tert-OH is 1. The van der Waals surface area contributed by atoms with Crippen LogP contribution in [0.5, 0.6) is 0 Å². The lowest BCUT2D eigenvalue weighted by Gasteiger charge is -1.90. The van der Waals surface area contributed by atoms with Gasteiger partial charge in [0.15, 0.2) is 0 Å². The predicted octanol–water partition coefficient (Wildman–Crippen LogP) is -1.71. The van der Waals surface area contributed by atoms with Crippen LogP contribution in [0, 0.1) is 0 Å². The van der Waals surface area contributed by atoms with Crippen LogP contribution in [-0.4, -0.2) is 30.5 Å². The van der Waals surface area contributed by atoms with Gasteiger partial charge in [-0.05, 0) is 0 Å². The molecule has 0 unspecified atom stereocenters. The van der Waals surface area contributed by atoms with Crippen molar-refractivity contribution in [2.24, 2.45) is 0 Å². The molecule has 0 rings (SSSR count). The van der Waals surface area contributed by atoms with E-state index in [1.165, 1.54) is 7.05 Å². The van der Waals surface area contributed by atoms with Gasteiger partial charge in [0.05, 0.1) is 0 Å².